The zero-order valence-corrected chi connectivity index (χ0v) is 16.2. The second-order valence-corrected chi connectivity index (χ2v) is 8.66. The Balaban J connectivity index is 1.96. The van der Waals surface area contributed by atoms with Crippen molar-refractivity contribution in [2.24, 2.45) is 5.41 Å². The molecule has 2 atom stereocenters. The van der Waals surface area contributed by atoms with E-state index in [4.69, 9.17) is 0 Å². The van der Waals surface area contributed by atoms with Crippen LogP contribution < -0.4 is 0 Å². The molecule has 23 heavy (non-hydrogen) atoms. The monoisotopic (exact) mass is 324 g/mol. The van der Waals surface area contributed by atoms with Crippen molar-refractivity contribution in [3.8, 4) is 0 Å². The maximum absolute atomic E-state index is 2.72. The van der Waals surface area contributed by atoms with Gasteiger partial charge in [0.15, 0.2) is 0 Å². The quantitative estimate of drug-likeness (QED) is 0.771. The van der Waals surface area contributed by atoms with Crippen LogP contribution >= 0.6 is 0 Å². The summed E-state index contributed by atoms with van der Waals surface area (Å²) in [5.74, 6) is 0. The molecule has 0 aliphatic carbocycles. The highest BCUT2D eigenvalue weighted by Crippen LogP contribution is 2.16. The predicted octanol–water partition coefficient (Wildman–Crippen LogP) is 2.07. The fourth-order valence-electron chi connectivity index (χ4n) is 3.92. The van der Waals surface area contributed by atoms with Crippen molar-refractivity contribution in [1.82, 2.24) is 19.6 Å². The molecule has 0 saturated carbocycles. The summed E-state index contributed by atoms with van der Waals surface area (Å²) >= 11 is 0. The van der Waals surface area contributed by atoms with E-state index in [1.54, 1.807) is 0 Å². The fraction of sp³-hybridized carbons (Fsp3) is 1.00. The van der Waals surface area contributed by atoms with E-state index in [-0.39, 0.29) is 0 Å². The lowest BCUT2D eigenvalue weighted by molar-refractivity contribution is 0.108. The molecule has 0 N–H and O–H groups in total. The second kappa shape index (κ2) is 9.36. The average Bonchev–Trinajstić information content (AvgIpc) is 2.50. The minimum atomic E-state index is 0.404. The normalized spacial score (nSPS) is 30.3. The fourth-order valence-corrected chi connectivity index (χ4v) is 3.92. The lowest BCUT2D eigenvalue weighted by Crippen LogP contribution is -2.47. The number of hydrogen-bond acceptors (Lipinski definition) is 4. The Morgan fingerprint density at radius 3 is 1.61 bits per heavy atom. The van der Waals surface area contributed by atoms with Gasteiger partial charge in [-0.3, -0.25) is 0 Å². The molecule has 4 nitrogen and oxygen atoms in total. The minimum Gasteiger partial charge on any atom is -0.302 e. The first-order chi connectivity index (χ1) is 11.0. The van der Waals surface area contributed by atoms with Crippen LogP contribution in [-0.4, -0.2) is 98.1 Å². The molecule has 0 aromatic carbocycles. The Kier molecular flexibility index (Phi) is 7.80. The third-order valence-electron chi connectivity index (χ3n) is 5.24. The molecule has 2 heterocycles. The molecule has 0 aromatic heterocycles. The van der Waals surface area contributed by atoms with Crippen molar-refractivity contribution in [1.29, 1.82) is 0 Å². The predicted molar refractivity (Wildman–Crippen MR) is 100 cm³/mol. The topological polar surface area (TPSA) is 13.0 Å². The van der Waals surface area contributed by atoms with Crippen molar-refractivity contribution in [3.05, 3.63) is 0 Å². The molecule has 0 amide bonds. The number of hydrogen-bond donors (Lipinski definition) is 0. The van der Waals surface area contributed by atoms with Gasteiger partial charge in [-0.05, 0) is 51.0 Å². The van der Waals surface area contributed by atoms with Crippen molar-refractivity contribution in [3.63, 3.8) is 0 Å². The van der Waals surface area contributed by atoms with Crippen LogP contribution in [0.4, 0.5) is 0 Å². The minimum absolute atomic E-state index is 0.404. The van der Waals surface area contributed by atoms with Gasteiger partial charge in [-0.15, -0.1) is 0 Å². The zero-order valence-electron chi connectivity index (χ0n) is 16.2. The van der Waals surface area contributed by atoms with E-state index in [2.05, 4.69) is 47.3 Å². The Hall–Kier alpha value is -0.160. The molecular formula is C19H40N4. The van der Waals surface area contributed by atoms with Gasteiger partial charge in [0.1, 0.15) is 0 Å². The Morgan fingerprint density at radius 2 is 1.09 bits per heavy atom. The lowest BCUT2D eigenvalue weighted by Gasteiger charge is -2.37. The molecule has 0 spiro atoms. The zero-order chi connectivity index (χ0) is 16.7. The van der Waals surface area contributed by atoms with Gasteiger partial charge in [-0.2, -0.15) is 0 Å². The SMILES string of the molecule is CCN1CCCN2CCN(CCCN(CC(C)(C)C)CC2)CC1. The van der Waals surface area contributed by atoms with Crippen LogP contribution in [0.5, 0.6) is 0 Å². The van der Waals surface area contributed by atoms with Gasteiger partial charge in [0.2, 0.25) is 0 Å². The molecule has 2 rings (SSSR count). The van der Waals surface area contributed by atoms with Crippen LogP contribution in [0.1, 0.15) is 40.5 Å². The van der Waals surface area contributed by atoms with Crippen molar-refractivity contribution in [2.45, 2.75) is 40.5 Å². The first kappa shape index (κ1) is 19.2. The Bertz CT molecular complexity index is 324. The molecule has 2 saturated heterocycles. The smallest absolute Gasteiger partial charge is 0.0110 e. The van der Waals surface area contributed by atoms with E-state index in [1.165, 1.54) is 91.4 Å². The number of likely N-dealkylation sites (N-methyl/N-ethyl adjacent to an activating group) is 1. The Labute approximate surface area is 144 Å². The van der Waals surface area contributed by atoms with Crippen molar-refractivity contribution in [2.75, 3.05) is 78.5 Å². The van der Waals surface area contributed by atoms with Crippen LogP contribution in [0, 0.1) is 5.41 Å². The molecule has 2 aliphatic heterocycles. The standard InChI is InChI=1S/C19H40N4/c1-5-20-8-6-9-22-15-14-21(13-12-20)10-7-11-23(17-16-22)18-19(2,3)4/h5-18H2,1-4H3. The van der Waals surface area contributed by atoms with Gasteiger partial charge in [0, 0.05) is 45.8 Å². The summed E-state index contributed by atoms with van der Waals surface area (Å²) in [5, 5.41) is 0. The molecule has 0 aromatic rings. The highest BCUT2D eigenvalue weighted by Gasteiger charge is 2.20. The molecular weight excluding hydrogens is 284 g/mol. The first-order valence-electron chi connectivity index (χ1n) is 9.86. The van der Waals surface area contributed by atoms with Crippen LogP contribution in [0.2, 0.25) is 0 Å². The number of fused-ring (bicyclic) bond motifs is 3. The average molecular weight is 325 g/mol. The van der Waals surface area contributed by atoms with Gasteiger partial charge in [-0.1, -0.05) is 27.7 Å². The van der Waals surface area contributed by atoms with E-state index in [0.717, 1.165) is 0 Å². The van der Waals surface area contributed by atoms with E-state index >= 15 is 0 Å². The van der Waals surface area contributed by atoms with Gasteiger partial charge < -0.3 is 19.6 Å². The molecule has 2 fully saturated rings. The van der Waals surface area contributed by atoms with Crippen LogP contribution in [0.15, 0.2) is 0 Å². The second-order valence-electron chi connectivity index (χ2n) is 8.66. The summed E-state index contributed by atoms with van der Waals surface area (Å²) in [5.41, 5.74) is 0.404. The Morgan fingerprint density at radius 1 is 0.609 bits per heavy atom. The third-order valence-corrected chi connectivity index (χ3v) is 5.24. The maximum atomic E-state index is 2.72. The van der Waals surface area contributed by atoms with Crippen LogP contribution in [0.25, 0.3) is 0 Å². The van der Waals surface area contributed by atoms with Gasteiger partial charge in [0.05, 0.1) is 0 Å². The summed E-state index contributed by atoms with van der Waals surface area (Å²) in [4.78, 5) is 10.8. The van der Waals surface area contributed by atoms with Gasteiger partial charge in [-0.25, -0.2) is 0 Å². The maximum Gasteiger partial charge on any atom is 0.0110 e. The highest BCUT2D eigenvalue weighted by molar-refractivity contribution is 4.76. The molecule has 2 bridgehead atoms. The van der Waals surface area contributed by atoms with Crippen molar-refractivity contribution >= 4 is 0 Å². The largest absolute Gasteiger partial charge is 0.302 e. The number of nitrogens with zero attached hydrogens (tertiary/aromatic N) is 4. The molecule has 136 valence electrons. The van der Waals surface area contributed by atoms with Gasteiger partial charge >= 0.3 is 0 Å². The summed E-state index contributed by atoms with van der Waals surface area (Å²) in [6.45, 7) is 24.4. The molecule has 4 heteroatoms. The summed E-state index contributed by atoms with van der Waals surface area (Å²) in [7, 11) is 0. The van der Waals surface area contributed by atoms with E-state index in [0.29, 0.717) is 5.41 Å². The third kappa shape index (κ3) is 7.51. The highest BCUT2D eigenvalue weighted by atomic mass is 15.3. The summed E-state index contributed by atoms with van der Waals surface area (Å²) in [6, 6.07) is 0. The molecule has 0 radical (unpaired) electrons. The lowest BCUT2D eigenvalue weighted by atomic mass is 9.96. The number of rotatable bonds is 2. The van der Waals surface area contributed by atoms with Gasteiger partial charge in [0.25, 0.3) is 0 Å². The van der Waals surface area contributed by atoms with Crippen LogP contribution in [0.3, 0.4) is 0 Å². The summed E-state index contributed by atoms with van der Waals surface area (Å²) in [6.07, 6.45) is 2.65. The summed E-state index contributed by atoms with van der Waals surface area (Å²) < 4.78 is 0. The molecule has 2 aliphatic rings. The van der Waals surface area contributed by atoms with E-state index < -0.39 is 0 Å². The van der Waals surface area contributed by atoms with E-state index in [1.807, 2.05) is 0 Å². The van der Waals surface area contributed by atoms with E-state index in [9.17, 15) is 0 Å². The first-order valence-corrected chi connectivity index (χ1v) is 9.86. The van der Waals surface area contributed by atoms with Crippen LogP contribution in [-0.2, 0) is 0 Å². The van der Waals surface area contributed by atoms with Crippen molar-refractivity contribution < 1.29 is 0 Å². The molecule has 2 unspecified atom stereocenters.